The van der Waals surface area contributed by atoms with Crippen LogP contribution in [0.25, 0.3) is 4.65 Å². The molecule has 0 aliphatic carbocycles. The van der Waals surface area contributed by atoms with Crippen LogP contribution in [-0.4, -0.2) is 29.7 Å². The molecule has 0 aromatic rings. The van der Waals surface area contributed by atoms with Crippen LogP contribution in [-0.2, 0) is 4.74 Å². The minimum absolute atomic E-state index is 0. The Labute approximate surface area is 110 Å². The van der Waals surface area contributed by atoms with Crippen molar-refractivity contribution in [3.8, 4) is 0 Å². The summed E-state index contributed by atoms with van der Waals surface area (Å²) in [6.45, 7) is 15.8. The minimum Gasteiger partial charge on any atom is -0.668 e. The Balaban J connectivity index is 0. The van der Waals surface area contributed by atoms with Gasteiger partial charge in [0, 0.05) is 13.2 Å². The third-order valence-corrected chi connectivity index (χ3v) is 6.86. The van der Waals surface area contributed by atoms with Gasteiger partial charge in [-0.15, -0.1) is 0 Å². The van der Waals surface area contributed by atoms with Crippen LogP contribution >= 0.6 is 0 Å². The molecular weight excluding hydrogens is 213 g/mol. The first-order valence-electron chi connectivity index (χ1n) is 5.52. The van der Waals surface area contributed by atoms with E-state index >= 15 is 0 Å². The molecule has 0 aromatic heterocycles. The molecule has 0 amide bonds. The van der Waals surface area contributed by atoms with Crippen LogP contribution in [0.15, 0.2) is 0 Å². The standard InChI is InChI=1S/C6H18NSi2.C4H8O.Li/c1-8(2,3)7-9(4,5)6;1-2-4-5-3-1;/h1-6H3;1-4H2;/q-1;;+1. The van der Waals surface area contributed by atoms with E-state index in [0.29, 0.717) is 0 Å². The van der Waals surface area contributed by atoms with Crippen LogP contribution < -0.4 is 18.9 Å². The van der Waals surface area contributed by atoms with Gasteiger partial charge in [0.15, 0.2) is 0 Å². The van der Waals surface area contributed by atoms with Crippen molar-refractivity contribution >= 4 is 16.5 Å². The Morgan fingerprint density at radius 2 is 1.13 bits per heavy atom. The summed E-state index contributed by atoms with van der Waals surface area (Å²) in [4.78, 5) is 0. The second-order valence-electron chi connectivity index (χ2n) is 5.77. The number of nitrogens with zero attached hydrogens (tertiary/aromatic N) is 1. The normalized spacial score (nSPS) is 16.4. The van der Waals surface area contributed by atoms with Crippen LogP contribution in [0, 0.1) is 0 Å². The summed E-state index contributed by atoms with van der Waals surface area (Å²) in [5.41, 5.74) is 0. The van der Waals surface area contributed by atoms with E-state index in [2.05, 4.69) is 39.3 Å². The van der Waals surface area contributed by atoms with Gasteiger partial charge >= 0.3 is 18.9 Å². The molecule has 0 unspecified atom stereocenters. The molecule has 0 N–H and O–H groups in total. The maximum Gasteiger partial charge on any atom is 1.00 e. The van der Waals surface area contributed by atoms with Gasteiger partial charge in [-0.1, -0.05) is 55.8 Å². The molecule has 1 aliphatic heterocycles. The predicted octanol–water partition coefficient (Wildman–Crippen LogP) is 0.831. The van der Waals surface area contributed by atoms with Crippen molar-refractivity contribution < 1.29 is 23.6 Å². The molecule has 5 heteroatoms. The van der Waals surface area contributed by atoms with E-state index in [1.165, 1.54) is 12.8 Å². The maximum atomic E-state index is 4.94. The molecule has 1 rings (SSSR count). The average Bonchev–Trinajstić information content (AvgIpc) is 2.29. The van der Waals surface area contributed by atoms with Gasteiger partial charge in [-0.3, -0.25) is 0 Å². The zero-order chi connectivity index (χ0) is 11.2. The zero-order valence-corrected chi connectivity index (χ0v) is 13.7. The number of hydrogen-bond donors (Lipinski definition) is 0. The van der Waals surface area contributed by atoms with Gasteiger partial charge in [-0.05, 0) is 12.8 Å². The Morgan fingerprint density at radius 3 is 1.20 bits per heavy atom. The van der Waals surface area contributed by atoms with Crippen LogP contribution in [0.2, 0.25) is 39.3 Å². The fraction of sp³-hybridized carbons (Fsp3) is 1.00. The second-order valence-corrected chi connectivity index (χ2v) is 15.4. The van der Waals surface area contributed by atoms with Crippen molar-refractivity contribution in [3.05, 3.63) is 4.65 Å². The summed E-state index contributed by atoms with van der Waals surface area (Å²) in [7, 11) is -2.21. The van der Waals surface area contributed by atoms with E-state index in [-0.39, 0.29) is 18.9 Å². The van der Waals surface area contributed by atoms with Gasteiger partial charge in [-0.25, -0.2) is 0 Å². The van der Waals surface area contributed by atoms with Crippen LogP contribution in [0.3, 0.4) is 0 Å². The van der Waals surface area contributed by atoms with Crippen molar-refractivity contribution in [1.29, 1.82) is 0 Å². The summed E-state index contributed by atoms with van der Waals surface area (Å²) in [6.07, 6.45) is 2.56. The van der Waals surface area contributed by atoms with Gasteiger partial charge in [-0.2, -0.15) is 0 Å². The summed E-state index contributed by atoms with van der Waals surface area (Å²) in [6, 6.07) is 0. The Kier molecular flexibility index (Phi) is 9.90. The summed E-state index contributed by atoms with van der Waals surface area (Å²) in [5.74, 6) is 0. The van der Waals surface area contributed by atoms with E-state index in [0.717, 1.165) is 13.2 Å². The first-order valence-corrected chi connectivity index (χ1v) is 12.4. The van der Waals surface area contributed by atoms with Crippen molar-refractivity contribution in [2.45, 2.75) is 52.1 Å². The van der Waals surface area contributed by atoms with E-state index in [9.17, 15) is 0 Å². The van der Waals surface area contributed by atoms with Gasteiger partial charge in [0.25, 0.3) is 0 Å². The fourth-order valence-electron chi connectivity index (χ4n) is 1.52. The van der Waals surface area contributed by atoms with Gasteiger partial charge in [0.05, 0.1) is 0 Å². The van der Waals surface area contributed by atoms with E-state index < -0.39 is 16.5 Å². The molecule has 0 radical (unpaired) electrons. The average molecular weight is 239 g/mol. The summed E-state index contributed by atoms with van der Waals surface area (Å²) < 4.78 is 9.76. The summed E-state index contributed by atoms with van der Waals surface area (Å²) >= 11 is 0. The molecule has 86 valence electrons. The molecule has 0 saturated carbocycles. The van der Waals surface area contributed by atoms with Crippen molar-refractivity contribution in [3.63, 3.8) is 0 Å². The molecule has 0 atom stereocenters. The second kappa shape index (κ2) is 8.10. The van der Waals surface area contributed by atoms with Crippen LogP contribution in [0.5, 0.6) is 0 Å². The number of rotatable bonds is 2. The SMILES string of the molecule is C1CCOC1.C[Si](C)(C)[N-][Si](C)(C)C.[Li+]. The van der Waals surface area contributed by atoms with Gasteiger partial charge < -0.3 is 9.38 Å². The van der Waals surface area contributed by atoms with E-state index in [4.69, 9.17) is 9.38 Å². The maximum absolute atomic E-state index is 4.94. The number of ether oxygens (including phenoxy) is 1. The van der Waals surface area contributed by atoms with Crippen LogP contribution in [0.4, 0.5) is 0 Å². The predicted molar refractivity (Wildman–Crippen MR) is 70.1 cm³/mol. The van der Waals surface area contributed by atoms with E-state index in [1.807, 2.05) is 0 Å². The van der Waals surface area contributed by atoms with Crippen molar-refractivity contribution in [2.24, 2.45) is 0 Å². The molecule has 1 aliphatic rings. The van der Waals surface area contributed by atoms with Gasteiger partial charge in [0.2, 0.25) is 0 Å². The largest absolute Gasteiger partial charge is 1.00 e. The van der Waals surface area contributed by atoms with Crippen LogP contribution in [0.1, 0.15) is 12.8 Å². The molecule has 2 nitrogen and oxygen atoms in total. The molecule has 15 heavy (non-hydrogen) atoms. The Morgan fingerprint density at radius 1 is 0.800 bits per heavy atom. The first kappa shape index (κ1) is 18.3. The molecule has 1 heterocycles. The summed E-state index contributed by atoms with van der Waals surface area (Å²) in [5, 5.41) is 0. The van der Waals surface area contributed by atoms with Gasteiger partial charge in [0.1, 0.15) is 0 Å². The van der Waals surface area contributed by atoms with E-state index in [1.54, 1.807) is 0 Å². The first-order chi connectivity index (χ1) is 6.21. The Bertz CT molecular complexity index is 131. The minimum atomic E-state index is -1.11. The molecular formula is C10H26LiNOSi2. The molecule has 1 saturated heterocycles. The Hall–Kier alpha value is 0.951. The topological polar surface area (TPSA) is 23.3 Å². The smallest absolute Gasteiger partial charge is 0.668 e. The number of hydrogen-bond acceptors (Lipinski definition) is 1. The molecule has 0 spiro atoms. The van der Waals surface area contributed by atoms with Crippen molar-refractivity contribution in [2.75, 3.05) is 13.2 Å². The zero-order valence-electron chi connectivity index (χ0n) is 11.7. The fourth-order valence-corrected chi connectivity index (χ4v) is 9.57. The monoisotopic (exact) mass is 239 g/mol. The van der Waals surface area contributed by atoms with Crippen molar-refractivity contribution in [1.82, 2.24) is 0 Å². The third-order valence-electron chi connectivity index (χ3n) is 1.50. The quantitative estimate of drug-likeness (QED) is 0.655. The molecule has 0 aromatic carbocycles. The molecule has 0 bridgehead atoms. The molecule has 1 fully saturated rings. The third kappa shape index (κ3) is 17.6.